The normalized spacial score (nSPS) is 16.6. The van der Waals surface area contributed by atoms with Crippen molar-refractivity contribution in [3.63, 3.8) is 0 Å². The molecule has 0 aromatic carbocycles. The molecule has 2 aromatic heterocycles. The largest absolute Gasteiger partial charge is 0.382 e. The number of rotatable bonds is 3. The Balaban J connectivity index is 1.87. The summed E-state index contributed by atoms with van der Waals surface area (Å²) in [7, 11) is 0. The molecule has 96 valence electrons. The molecular weight excluding hydrogens is 260 g/mol. The van der Waals surface area contributed by atoms with Gasteiger partial charge in [0.15, 0.2) is 0 Å². The zero-order valence-corrected chi connectivity index (χ0v) is 12.2. The fourth-order valence-electron chi connectivity index (χ4n) is 2.52. The van der Waals surface area contributed by atoms with E-state index in [9.17, 15) is 5.11 Å². The Morgan fingerprint density at radius 1 is 1.17 bits per heavy atom. The van der Waals surface area contributed by atoms with Crippen molar-refractivity contribution < 1.29 is 5.11 Å². The van der Waals surface area contributed by atoms with E-state index in [2.05, 4.69) is 25.1 Å². The van der Waals surface area contributed by atoms with Crippen molar-refractivity contribution >= 4 is 22.7 Å². The number of hydrogen-bond acceptors (Lipinski definition) is 3. The molecule has 0 fully saturated rings. The minimum Gasteiger partial charge on any atom is -0.382 e. The van der Waals surface area contributed by atoms with E-state index in [0.717, 1.165) is 16.2 Å². The van der Waals surface area contributed by atoms with Crippen LogP contribution in [0.5, 0.6) is 0 Å². The number of hydrogen-bond donors (Lipinski definition) is 1. The van der Waals surface area contributed by atoms with E-state index in [-0.39, 0.29) is 0 Å². The van der Waals surface area contributed by atoms with Gasteiger partial charge in [0.2, 0.25) is 0 Å². The van der Waals surface area contributed by atoms with E-state index in [1.54, 1.807) is 11.3 Å². The molecule has 1 atom stereocenters. The first-order valence-electron chi connectivity index (χ1n) is 6.66. The summed E-state index contributed by atoms with van der Waals surface area (Å²) in [6.07, 6.45) is 5.66. The van der Waals surface area contributed by atoms with Crippen LogP contribution in [0.15, 0.2) is 18.2 Å². The second kappa shape index (κ2) is 5.16. The average Bonchev–Trinajstić information content (AvgIpc) is 3.04. The van der Waals surface area contributed by atoms with Crippen molar-refractivity contribution in [1.29, 1.82) is 0 Å². The highest BCUT2D eigenvalue weighted by molar-refractivity contribution is 7.13. The quantitative estimate of drug-likeness (QED) is 0.886. The molecular formula is C15H18OS2. The van der Waals surface area contributed by atoms with E-state index < -0.39 is 6.10 Å². The molecule has 2 heterocycles. The fourth-order valence-corrected chi connectivity index (χ4v) is 4.82. The van der Waals surface area contributed by atoms with Gasteiger partial charge >= 0.3 is 0 Å². The van der Waals surface area contributed by atoms with Gasteiger partial charge in [0.1, 0.15) is 6.10 Å². The molecule has 0 amide bonds. The van der Waals surface area contributed by atoms with Crippen LogP contribution in [-0.4, -0.2) is 5.11 Å². The number of aliphatic hydroxyl groups is 1. The Kier molecular flexibility index (Phi) is 3.55. The standard InChI is InChI=1S/C15H18OS2/c1-2-11-7-8-13(17-11)15(16)14-9-10-5-3-4-6-12(10)18-14/h7-9,15-16H,2-6H2,1H3. The van der Waals surface area contributed by atoms with Gasteiger partial charge in [0, 0.05) is 19.5 Å². The van der Waals surface area contributed by atoms with Gasteiger partial charge in [-0.2, -0.15) is 0 Å². The summed E-state index contributed by atoms with van der Waals surface area (Å²) < 4.78 is 0. The monoisotopic (exact) mass is 278 g/mol. The molecule has 1 N–H and O–H groups in total. The molecule has 1 aliphatic carbocycles. The summed E-state index contributed by atoms with van der Waals surface area (Å²) >= 11 is 3.55. The third-order valence-electron chi connectivity index (χ3n) is 3.59. The Morgan fingerprint density at radius 2 is 2.00 bits per heavy atom. The Labute approximate surface area is 116 Å². The third kappa shape index (κ3) is 2.27. The van der Waals surface area contributed by atoms with Gasteiger partial charge in [-0.1, -0.05) is 6.92 Å². The van der Waals surface area contributed by atoms with Crippen LogP contribution in [0.2, 0.25) is 0 Å². The highest BCUT2D eigenvalue weighted by atomic mass is 32.1. The second-order valence-electron chi connectivity index (χ2n) is 4.86. The Bertz CT molecular complexity index is 515. The van der Waals surface area contributed by atoms with Crippen LogP contribution in [0, 0.1) is 0 Å². The molecule has 3 heteroatoms. The van der Waals surface area contributed by atoms with Gasteiger partial charge in [0.05, 0.1) is 0 Å². The molecule has 1 nitrogen and oxygen atoms in total. The van der Waals surface area contributed by atoms with Crippen molar-refractivity contribution in [2.45, 2.75) is 45.1 Å². The summed E-state index contributed by atoms with van der Waals surface area (Å²) in [6.45, 7) is 2.16. The number of thiophene rings is 2. The summed E-state index contributed by atoms with van der Waals surface area (Å²) in [5.41, 5.74) is 1.48. The van der Waals surface area contributed by atoms with Gasteiger partial charge in [-0.05, 0) is 55.9 Å². The highest BCUT2D eigenvalue weighted by Crippen LogP contribution is 2.37. The topological polar surface area (TPSA) is 20.2 Å². The molecule has 0 bridgehead atoms. The lowest BCUT2D eigenvalue weighted by Gasteiger charge is -2.08. The molecule has 18 heavy (non-hydrogen) atoms. The van der Waals surface area contributed by atoms with Crippen LogP contribution in [0.4, 0.5) is 0 Å². The van der Waals surface area contributed by atoms with Crippen LogP contribution in [-0.2, 0) is 19.3 Å². The van der Waals surface area contributed by atoms with E-state index in [1.165, 1.54) is 41.0 Å². The summed E-state index contributed by atoms with van der Waals surface area (Å²) in [6, 6.07) is 6.44. The van der Waals surface area contributed by atoms with Crippen LogP contribution in [0.1, 0.15) is 50.9 Å². The molecule has 0 radical (unpaired) electrons. The van der Waals surface area contributed by atoms with Crippen molar-refractivity contribution in [3.8, 4) is 0 Å². The van der Waals surface area contributed by atoms with E-state index in [1.807, 2.05) is 11.3 Å². The Morgan fingerprint density at radius 3 is 2.72 bits per heavy atom. The molecule has 2 aromatic rings. The van der Waals surface area contributed by atoms with Crippen molar-refractivity contribution in [2.24, 2.45) is 0 Å². The molecule has 0 spiro atoms. The third-order valence-corrected chi connectivity index (χ3v) is 6.16. The van der Waals surface area contributed by atoms with Gasteiger partial charge in [-0.25, -0.2) is 0 Å². The lowest BCUT2D eigenvalue weighted by atomic mass is 9.99. The van der Waals surface area contributed by atoms with Crippen molar-refractivity contribution in [1.82, 2.24) is 0 Å². The highest BCUT2D eigenvalue weighted by Gasteiger charge is 2.19. The van der Waals surface area contributed by atoms with Crippen LogP contribution in [0.25, 0.3) is 0 Å². The lowest BCUT2D eigenvalue weighted by molar-refractivity contribution is 0.228. The van der Waals surface area contributed by atoms with Crippen molar-refractivity contribution in [2.75, 3.05) is 0 Å². The van der Waals surface area contributed by atoms with Crippen LogP contribution >= 0.6 is 22.7 Å². The first-order chi connectivity index (χ1) is 8.78. The molecule has 1 aliphatic rings. The fraction of sp³-hybridized carbons (Fsp3) is 0.467. The van der Waals surface area contributed by atoms with Crippen molar-refractivity contribution in [3.05, 3.63) is 43.3 Å². The van der Waals surface area contributed by atoms with Gasteiger partial charge in [-0.3, -0.25) is 0 Å². The number of fused-ring (bicyclic) bond motifs is 1. The zero-order valence-electron chi connectivity index (χ0n) is 10.6. The van der Waals surface area contributed by atoms with Gasteiger partial charge in [-0.15, -0.1) is 22.7 Å². The molecule has 0 aliphatic heterocycles. The maximum absolute atomic E-state index is 10.5. The average molecular weight is 278 g/mol. The molecule has 3 rings (SSSR count). The minimum atomic E-state index is -0.411. The molecule has 0 saturated carbocycles. The van der Waals surface area contributed by atoms with Crippen LogP contribution < -0.4 is 0 Å². The van der Waals surface area contributed by atoms with E-state index in [0.29, 0.717) is 0 Å². The molecule has 1 unspecified atom stereocenters. The second-order valence-corrected chi connectivity index (χ2v) is 7.23. The maximum Gasteiger partial charge on any atom is 0.122 e. The summed E-state index contributed by atoms with van der Waals surface area (Å²) in [5, 5.41) is 10.5. The number of aliphatic hydroxyl groups excluding tert-OH is 1. The Hall–Kier alpha value is -0.640. The van der Waals surface area contributed by atoms with Gasteiger partial charge in [0.25, 0.3) is 0 Å². The number of aryl methyl sites for hydroxylation is 3. The van der Waals surface area contributed by atoms with E-state index >= 15 is 0 Å². The minimum absolute atomic E-state index is 0.411. The SMILES string of the molecule is CCc1ccc(C(O)c2cc3c(s2)CCCC3)s1. The summed E-state index contributed by atoms with van der Waals surface area (Å²) in [4.78, 5) is 5.07. The van der Waals surface area contributed by atoms with Gasteiger partial charge < -0.3 is 5.11 Å². The molecule has 0 saturated heterocycles. The van der Waals surface area contributed by atoms with E-state index in [4.69, 9.17) is 0 Å². The first-order valence-corrected chi connectivity index (χ1v) is 8.29. The lowest BCUT2D eigenvalue weighted by Crippen LogP contribution is -1.96. The maximum atomic E-state index is 10.5. The smallest absolute Gasteiger partial charge is 0.122 e. The summed E-state index contributed by atoms with van der Waals surface area (Å²) in [5.74, 6) is 0. The van der Waals surface area contributed by atoms with Crippen LogP contribution in [0.3, 0.4) is 0 Å². The zero-order chi connectivity index (χ0) is 12.5. The first kappa shape index (κ1) is 12.4. The predicted octanol–water partition coefficient (Wildman–Crippen LogP) is 4.33. The predicted molar refractivity (Wildman–Crippen MR) is 78.7 cm³/mol.